The predicted octanol–water partition coefficient (Wildman–Crippen LogP) is 1.79. The second-order valence-corrected chi connectivity index (χ2v) is 5.26. The van der Waals surface area contributed by atoms with Crippen LogP contribution in [-0.2, 0) is 0 Å². The third kappa shape index (κ3) is 2.95. The van der Waals surface area contributed by atoms with Crippen LogP contribution < -0.4 is 5.32 Å². The zero-order valence-electron chi connectivity index (χ0n) is 8.82. The van der Waals surface area contributed by atoms with Crippen molar-refractivity contribution in [3.05, 3.63) is 33.4 Å². The maximum atomic E-state index is 11.8. The molecule has 1 aliphatic rings. The van der Waals surface area contributed by atoms with Gasteiger partial charge in [-0.25, -0.2) is 0 Å². The van der Waals surface area contributed by atoms with Gasteiger partial charge in [0.2, 0.25) is 0 Å². The number of hydrogen-bond donors (Lipinski definition) is 2. The molecule has 0 aliphatic heterocycles. The summed E-state index contributed by atoms with van der Waals surface area (Å²) in [6.07, 6.45) is 1.78. The molecule has 16 heavy (non-hydrogen) atoms. The molecule has 0 heterocycles. The summed E-state index contributed by atoms with van der Waals surface area (Å²) in [6.45, 7) is 0.356. The Hall–Kier alpha value is -0.620. The van der Waals surface area contributed by atoms with Crippen LogP contribution in [-0.4, -0.2) is 23.7 Å². The number of carbonyl (C=O) groups is 1. The number of amides is 1. The number of benzene rings is 1. The standard InChI is InChI=1S/C12H14INO2/c13-10-4-2-1-3-9(10)12(16)14-7-11(15)8-5-6-8/h1-4,8,11,15H,5-7H2,(H,14,16). The first-order valence-electron chi connectivity index (χ1n) is 5.39. The van der Waals surface area contributed by atoms with E-state index < -0.39 is 0 Å². The van der Waals surface area contributed by atoms with Crippen LogP contribution in [0.3, 0.4) is 0 Å². The molecule has 0 saturated heterocycles. The highest BCUT2D eigenvalue weighted by Crippen LogP contribution is 2.32. The third-order valence-electron chi connectivity index (χ3n) is 2.76. The van der Waals surface area contributed by atoms with Crippen LogP contribution in [0.2, 0.25) is 0 Å². The van der Waals surface area contributed by atoms with Crippen LogP contribution in [0.15, 0.2) is 24.3 Å². The van der Waals surface area contributed by atoms with Crippen molar-refractivity contribution >= 4 is 28.5 Å². The van der Waals surface area contributed by atoms with Crippen molar-refractivity contribution < 1.29 is 9.90 Å². The van der Waals surface area contributed by atoms with Gasteiger partial charge in [0.25, 0.3) is 5.91 Å². The first-order valence-corrected chi connectivity index (χ1v) is 6.47. The highest BCUT2D eigenvalue weighted by atomic mass is 127. The molecule has 1 aromatic carbocycles. The Balaban J connectivity index is 1.90. The van der Waals surface area contributed by atoms with E-state index in [-0.39, 0.29) is 12.0 Å². The van der Waals surface area contributed by atoms with Gasteiger partial charge in [-0.1, -0.05) is 12.1 Å². The van der Waals surface area contributed by atoms with Crippen molar-refractivity contribution in [1.82, 2.24) is 5.32 Å². The second-order valence-electron chi connectivity index (χ2n) is 4.09. The molecular weight excluding hydrogens is 317 g/mol. The normalized spacial score (nSPS) is 16.9. The Morgan fingerprint density at radius 3 is 2.81 bits per heavy atom. The average molecular weight is 331 g/mol. The number of carbonyl (C=O) groups excluding carboxylic acids is 1. The molecule has 1 saturated carbocycles. The van der Waals surface area contributed by atoms with Gasteiger partial charge in [-0.3, -0.25) is 4.79 Å². The van der Waals surface area contributed by atoms with Gasteiger partial charge in [-0.2, -0.15) is 0 Å². The first-order chi connectivity index (χ1) is 7.68. The van der Waals surface area contributed by atoms with Crippen molar-refractivity contribution in [1.29, 1.82) is 0 Å². The minimum Gasteiger partial charge on any atom is -0.391 e. The minimum absolute atomic E-state index is 0.107. The zero-order valence-corrected chi connectivity index (χ0v) is 11.0. The van der Waals surface area contributed by atoms with Gasteiger partial charge >= 0.3 is 0 Å². The number of rotatable bonds is 4. The largest absolute Gasteiger partial charge is 0.391 e. The monoisotopic (exact) mass is 331 g/mol. The summed E-state index contributed by atoms with van der Waals surface area (Å²) in [5.41, 5.74) is 0.672. The predicted molar refractivity (Wildman–Crippen MR) is 70.2 cm³/mol. The number of nitrogens with one attached hydrogen (secondary N) is 1. The molecule has 0 radical (unpaired) electrons. The maximum Gasteiger partial charge on any atom is 0.252 e. The molecule has 4 heteroatoms. The summed E-state index contributed by atoms with van der Waals surface area (Å²) in [6, 6.07) is 7.43. The lowest BCUT2D eigenvalue weighted by Crippen LogP contribution is -2.33. The first kappa shape index (κ1) is 11.9. The molecule has 2 rings (SSSR count). The number of aliphatic hydroxyl groups excluding tert-OH is 1. The minimum atomic E-state index is -0.384. The Morgan fingerprint density at radius 1 is 1.50 bits per heavy atom. The van der Waals surface area contributed by atoms with E-state index in [1.165, 1.54) is 0 Å². The summed E-state index contributed by atoms with van der Waals surface area (Å²) in [5.74, 6) is 0.292. The highest BCUT2D eigenvalue weighted by Gasteiger charge is 2.29. The van der Waals surface area contributed by atoms with Crippen LogP contribution in [0.5, 0.6) is 0 Å². The molecular formula is C12H14INO2. The summed E-state index contributed by atoms with van der Waals surface area (Å²) in [4.78, 5) is 11.8. The molecule has 2 N–H and O–H groups in total. The molecule has 0 aromatic heterocycles. The van der Waals surface area contributed by atoms with Crippen molar-refractivity contribution in [2.24, 2.45) is 5.92 Å². The topological polar surface area (TPSA) is 49.3 Å². The summed E-state index contributed by atoms with van der Waals surface area (Å²) in [5, 5.41) is 12.4. The Kier molecular flexibility index (Phi) is 3.81. The van der Waals surface area contributed by atoms with E-state index in [4.69, 9.17) is 0 Å². The van der Waals surface area contributed by atoms with Crippen LogP contribution in [0.1, 0.15) is 23.2 Å². The average Bonchev–Trinajstić information content (AvgIpc) is 3.10. The molecule has 1 fully saturated rings. The number of hydrogen-bond acceptors (Lipinski definition) is 2. The fourth-order valence-corrected chi connectivity index (χ4v) is 2.22. The van der Waals surface area contributed by atoms with E-state index in [0.717, 1.165) is 16.4 Å². The van der Waals surface area contributed by atoms with Crippen molar-refractivity contribution in [2.45, 2.75) is 18.9 Å². The van der Waals surface area contributed by atoms with Crippen molar-refractivity contribution in [3.63, 3.8) is 0 Å². The van der Waals surface area contributed by atoms with Crippen LogP contribution in [0.25, 0.3) is 0 Å². The quantitative estimate of drug-likeness (QED) is 0.827. The van der Waals surface area contributed by atoms with Crippen LogP contribution >= 0.6 is 22.6 Å². The van der Waals surface area contributed by atoms with E-state index in [1.54, 1.807) is 6.07 Å². The van der Waals surface area contributed by atoms with Gasteiger partial charge < -0.3 is 10.4 Å². The van der Waals surface area contributed by atoms with Gasteiger partial charge in [0.1, 0.15) is 0 Å². The Bertz CT molecular complexity index is 390. The molecule has 1 unspecified atom stereocenters. The van der Waals surface area contributed by atoms with Crippen molar-refractivity contribution in [2.75, 3.05) is 6.54 Å². The third-order valence-corrected chi connectivity index (χ3v) is 3.70. The zero-order chi connectivity index (χ0) is 11.5. The van der Waals surface area contributed by atoms with E-state index in [2.05, 4.69) is 27.9 Å². The maximum absolute atomic E-state index is 11.8. The molecule has 1 atom stereocenters. The highest BCUT2D eigenvalue weighted by molar-refractivity contribution is 14.1. The Labute approximate surface area is 108 Å². The van der Waals surface area contributed by atoms with Crippen molar-refractivity contribution in [3.8, 4) is 0 Å². The molecule has 1 aromatic rings. The summed E-state index contributed by atoms with van der Waals surface area (Å²) in [7, 11) is 0. The molecule has 0 spiro atoms. The van der Waals surface area contributed by atoms with Gasteiger partial charge in [0.05, 0.1) is 11.7 Å². The lowest BCUT2D eigenvalue weighted by atomic mass is 10.2. The molecule has 1 amide bonds. The second kappa shape index (κ2) is 5.14. The lowest BCUT2D eigenvalue weighted by molar-refractivity contribution is 0.0900. The number of aliphatic hydroxyl groups is 1. The fourth-order valence-electron chi connectivity index (χ4n) is 1.59. The Morgan fingerprint density at radius 2 is 2.19 bits per heavy atom. The fraction of sp³-hybridized carbons (Fsp3) is 0.417. The van der Waals surface area contributed by atoms with E-state index in [1.807, 2.05) is 18.2 Å². The van der Waals surface area contributed by atoms with Gasteiger partial charge in [-0.05, 0) is 53.5 Å². The van der Waals surface area contributed by atoms with Crippen LogP contribution in [0.4, 0.5) is 0 Å². The van der Waals surface area contributed by atoms with E-state index in [0.29, 0.717) is 18.0 Å². The lowest BCUT2D eigenvalue weighted by Gasteiger charge is -2.11. The van der Waals surface area contributed by atoms with Gasteiger partial charge in [-0.15, -0.1) is 0 Å². The SMILES string of the molecule is O=C(NCC(O)C1CC1)c1ccccc1I. The molecule has 3 nitrogen and oxygen atoms in total. The summed E-state index contributed by atoms with van der Waals surface area (Å²) < 4.78 is 0.929. The number of halogens is 1. The molecule has 86 valence electrons. The van der Waals surface area contributed by atoms with Crippen LogP contribution in [0, 0.1) is 9.49 Å². The molecule has 0 bridgehead atoms. The summed E-state index contributed by atoms with van der Waals surface area (Å²) >= 11 is 2.14. The smallest absolute Gasteiger partial charge is 0.252 e. The van der Waals surface area contributed by atoms with E-state index >= 15 is 0 Å². The molecule has 1 aliphatic carbocycles. The van der Waals surface area contributed by atoms with Gasteiger partial charge in [0.15, 0.2) is 0 Å². The van der Waals surface area contributed by atoms with Gasteiger partial charge in [0, 0.05) is 10.1 Å². The van der Waals surface area contributed by atoms with E-state index in [9.17, 15) is 9.90 Å².